The van der Waals surface area contributed by atoms with Gasteiger partial charge in [0, 0.05) is 0 Å². The van der Waals surface area contributed by atoms with Crippen LogP contribution in [0.3, 0.4) is 0 Å². The maximum atomic E-state index is 3.59. The standard InChI is InChI=1S/C38H58NP2.C5H5.Fe/c1-39(2)37(33-24-15-25-35(33)41(30-20-11-5-12-21-30)31-22-13-6-14-23-31)34-27-26-32(28-16-7-3-8-17-28)36(38(34)40)29-18-9-4-10-19-29;1-2-4-5-3-1;/h15,24-31,37H,3-14,16-23,40H2,1-2H3;1-5H;/t37-;;/m0../s1. The van der Waals surface area contributed by atoms with Gasteiger partial charge in [-0.1, -0.05) is 0 Å². The molecule has 14 aliphatic rings. The summed E-state index contributed by atoms with van der Waals surface area (Å²) in [6, 6.07) is 6.45. The molecule has 1 aromatic rings. The van der Waals surface area contributed by atoms with Gasteiger partial charge in [0.05, 0.1) is 0 Å². The Morgan fingerprint density at radius 3 is 1.60 bits per heavy atom. The predicted molar refractivity (Wildman–Crippen MR) is 200 cm³/mol. The van der Waals surface area contributed by atoms with Crippen LogP contribution >= 0.6 is 17.2 Å². The van der Waals surface area contributed by atoms with Crippen molar-refractivity contribution in [2.75, 3.05) is 14.1 Å². The SMILES string of the molecule is CN(C)[C@H](c1ccc(C2CCCCC2)c(C2CCCCC2)c1P)[C]12[CH]3[CH]4[CH]5[C@@]1(P(C1CCCCC1)C1CCCCC1)[Fe]43521678[CH]2[CH]1[CH]6[CH]7[CH]28. The number of nitrogens with zero attached hydrogens (tertiary/aromatic N) is 1. The summed E-state index contributed by atoms with van der Waals surface area (Å²) in [7, 11) is 9.04. The van der Waals surface area contributed by atoms with Crippen molar-refractivity contribution in [1.82, 2.24) is 4.90 Å². The van der Waals surface area contributed by atoms with Crippen molar-refractivity contribution in [2.45, 2.75) is 205 Å². The zero-order chi connectivity index (χ0) is 30.8. The van der Waals surface area contributed by atoms with E-state index in [1.54, 1.807) is 69.5 Å². The minimum atomic E-state index is -3.75. The van der Waals surface area contributed by atoms with Crippen LogP contribution in [0, 0.1) is 0 Å². The van der Waals surface area contributed by atoms with Crippen LogP contribution in [0.4, 0.5) is 0 Å². The molecule has 1 spiro atoms. The molecule has 0 radical (unpaired) electrons. The first-order valence-electron chi connectivity index (χ1n) is 21.4. The molecule has 0 bridgehead atoms. The Labute approximate surface area is 279 Å². The van der Waals surface area contributed by atoms with Crippen LogP contribution in [0.2, 0.25) is 42.8 Å². The Bertz CT molecular complexity index is 1960. The van der Waals surface area contributed by atoms with Crippen molar-refractivity contribution >= 4 is 22.5 Å². The molecule has 0 N–H and O–H groups in total. The third kappa shape index (κ3) is 0.946. The van der Waals surface area contributed by atoms with Crippen LogP contribution < -0.4 is 5.30 Å². The Morgan fingerprint density at radius 2 is 1.13 bits per heavy atom. The zero-order valence-corrected chi connectivity index (χ0v) is 32.8. The number of fused-ring (bicyclic) bond motifs is 10. The van der Waals surface area contributed by atoms with Gasteiger partial charge in [-0.15, -0.1) is 0 Å². The molecule has 4 saturated carbocycles. The summed E-state index contributed by atoms with van der Waals surface area (Å²) in [5, 5.41) is 1.78. The zero-order valence-electron chi connectivity index (χ0n) is 29.6. The number of rotatable bonds is 8. The molecule has 5 unspecified atom stereocenters. The average molecular weight is 712 g/mol. The van der Waals surface area contributed by atoms with Gasteiger partial charge in [-0.3, -0.25) is 0 Å². The Kier molecular flexibility index (Phi) is 3.00. The Morgan fingerprint density at radius 1 is 0.638 bits per heavy atom. The molecular formula is C43H63FeNP2. The second-order valence-corrected chi connectivity index (χ2v) is 50.1. The fourth-order valence-corrected chi connectivity index (χ4v) is 122. The van der Waals surface area contributed by atoms with Crippen LogP contribution in [0.1, 0.15) is 163 Å². The van der Waals surface area contributed by atoms with Gasteiger partial charge in [0.25, 0.3) is 0 Å². The van der Waals surface area contributed by atoms with Gasteiger partial charge in [0.15, 0.2) is 0 Å². The normalized spacial score (nSPS) is 62.7. The van der Waals surface area contributed by atoms with E-state index in [4.69, 9.17) is 0 Å². The third-order valence-electron chi connectivity index (χ3n) is 25.8. The molecule has 10 heterocycles. The topological polar surface area (TPSA) is 3.24 Å². The molecule has 15 rings (SSSR count). The van der Waals surface area contributed by atoms with E-state index in [0.29, 0.717) is 0 Å². The van der Waals surface area contributed by atoms with Crippen LogP contribution in [-0.4, -0.2) is 34.4 Å². The molecule has 10 aliphatic heterocycles. The Hall–Kier alpha value is 0.559. The monoisotopic (exact) mass is 711 g/mol. The first-order chi connectivity index (χ1) is 22.8. The van der Waals surface area contributed by atoms with Gasteiger partial charge in [0.2, 0.25) is 0 Å². The summed E-state index contributed by atoms with van der Waals surface area (Å²) in [6.07, 6.45) is 30.8. The maximum absolute atomic E-state index is 3.75. The molecule has 4 aliphatic carbocycles. The van der Waals surface area contributed by atoms with E-state index in [0.717, 1.165) is 26.2 Å². The molecule has 47 heavy (non-hydrogen) atoms. The van der Waals surface area contributed by atoms with Gasteiger partial charge in [-0.25, -0.2) is 0 Å². The molecule has 0 aromatic heterocycles. The van der Waals surface area contributed by atoms with E-state index >= 15 is 0 Å². The van der Waals surface area contributed by atoms with Crippen molar-refractivity contribution in [3.8, 4) is 0 Å². The molecule has 4 heteroatoms. The summed E-state index contributed by atoms with van der Waals surface area (Å²) in [4.78, 5) is 14.3. The summed E-state index contributed by atoms with van der Waals surface area (Å²) in [6.45, 7) is -3.75. The van der Waals surface area contributed by atoms with Crippen LogP contribution in [-0.2, 0) is 6.51 Å². The number of hydrogen-bond acceptors (Lipinski definition) is 1. The summed E-state index contributed by atoms with van der Waals surface area (Å²) >= 11 is 0. The molecule has 1 nitrogen and oxygen atoms in total. The second kappa shape index (κ2) is 5.18. The van der Waals surface area contributed by atoms with E-state index in [1.807, 2.05) is 16.7 Å². The quantitative estimate of drug-likeness (QED) is 0.192. The molecule has 1 aromatic carbocycles. The molecule has 258 valence electrons. The van der Waals surface area contributed by atoms with E-state index in [-0.39, 0.29) is 7.92 Å². The predicted octanol–water partition coefficient (Wildman–Crippen LogP) is 12.7. The van der Waals surface area contributed by atoms with Crippen LogP contribution in [0.15, 0.2) is 12.1 Å². The van der Waals surface area contributed by atoms with Gasteiger partial charge in [0.1, 0.15) is 0 Å². The van der Waals surface area contributed by atoms with Gasteiger partial charge < -0.3 is 0 Å². The van der Waals surface area contributed by atoms with E-state index in [9.17, 15) is 0 Å². The molecule has 0 amide bonds. The van der Waals surface area contributed by atoms with Crippen molar-refractivity contribution in [3.05, 3.63) is 28.8 Å². The summed E-state index contributed by atoms with van der Waals surface area (Å²) < 4.78 is 1.89. The van der Waals surface area contributed by atoms with Gasteiger partial charge >= 0.3 is 281 Å². The number of benzene rings is 1. The first kappa shape index (κ1) is 27.2. The van der Waals surface area contributed by atoms with Crippen molar-refractivity contribution in [2.24, 2.45) is 0 Å². The van der Waals surface area contributed by atoms with Crippen molar-refractivity contribution in [3.63, 3.8) is 0 Å². The van der Waals surface area contributed by atoms with Crippen molar-refractivity contribution < 1.29 is 6.51 Å². The fraction of sp³-hybridized carbons (Fsp3) is 0.860. The second-order valence-electron chi connectivity index (χ2n) is 22.9. The Balaban J connectivity index is 0.963. The number of hydrogen-bond donors (Lipinski definition) is 0. The molecular weight excluding hydrogens is 648 g/mol. The molecule has 10 saturated heterocycles. The van der Waals surface area contributed by atoms with Gasteiger partial charge in [-0.2, -0.15) is 0 Å². The van der Waals surface area contributed by atoms with E-state index < -0.39 is 6.51 Å². The average Bonchev–Trinajstić information content (AvgIpc) is 4.07. The molecule has 14 fully saturated rings. The van der Waals surface area contributed by atoms with Gasteiger partial charge in [-0.05, 0) is 0 Å². The summed E-state index contributed by atoms with van der Waals surface area (Å²) in [5.74, 6) is 1.68. The van der Waals surface area contributed by atoms with E-state index in [1.165, 1.54) is 114 Å². The van der Waals surface area contributed by atoms with Crippen molar-refractivity contribution in [1.29, 1.82) is 0 Å². The first-order valence-corrected chi connectivity index (χ1v) is 29.7. The van der Waals surface area contributed by atoms with Crippen LogP contribution in [0.25, 0.3) is 0 Å². The van der Waals surface area contributed by atoms with Crippen LogP contribution in [0.5, 0.6) is 0 Å². The fourth-order valence-electron chi connectivity index (χ4n) is 27.1. The minimum absolute atomic E-state index is 0.210. The van der Waals surface area contributed by atoms with E-state index in [2.05, 4.69) is 40.4 Å². The summed E-state index contributed by atoms with van der Waals surface area (Å²) in [5.41, 5.74) is 8.02. The third-order valence-corrected chi connectivity index (χ3v) is 77.7. The molecule has 7 atom stereocenters.